The number of halogens is 1. The molecule has 1 aliphatic rings. The van der Waals surface area contributed by atoms with Crippen molar-refractivity contribution in [3.05, 3.63) is 33.8 Å². The minimum absolute atomic E-state index is 0.111. The molecule has 0 spiro atoms. The van der Waals surface area contributed by atoms with E-state index in [0.717, 1.165) is 28.6 Å². The number of carbonyl (C=O) groups excluding carboxylic acids is 1. The summed E-state index contributed by atoms with van der Waals surface area (Å²) in [5.41, 5.74) is 1.94. The Labute approximate surface area is 104 Å². The van der Waals surface area contributed by atoms with Crippen LogP contribution >= 0.6 is 15.9 Å². The lowest BCUT2D eigenvalue weighted by atomic mass is 9.99. The predicted molar refractivity (Wildman–Crippen MR) is 65.6 cm³/mol. The number of methoxy groups -OCH3 is 1. The lowest BCUT2D eigenvalue weighted by Gasteiger charge is -2.28. The van der Waals surface area contributed by atoms with E-state index in [1.807, 2.05) is 23.1 Å². The van der Waals surface area contributed by atoms with Crippen LogP contribution in [0.15, 0.2) is 22.7 Å². The number of rotatable bonds is 3. The fourth-order valence-corrected chi connectivity index (χ4v) is 2.51. The number of fused-ring (bicyclic) bond motifs is 1. The van der Waals surface area contributed by atoms with Gasteiger partial charge in [-0.25, -0.2) is 0 Å². The molecule has 1 aliphatic heterocycles. The van der Waals surface area contributed by atoms with E-state index in [1.54, 1.807) is 7.11 Å². The Bertz CT molecular complexity index is 406. The molecule has 0 aromatic heterocycles. The van der Waals surface area contributed by atoms with E-state index in [0.29, 0.717) is 13.2 Å². The smallest absolute Gasteiger partial charge is 0.254 e. The van der Waals surface area contributed by atoms with Crippen LogP contribution in [0.2, 0.25) is 0 Å². The third kappa shape index (κ3) is 2.13. The first-order valence-corrected chi connectivity index (χ1v) is 6.09. The molecule has 0 radical (unpaired) electrons. The Morgan fingerprint density at radius 1 is 1.50 bits per heavy atom. The summed E-state index contributed by atoms with van der Waals surface area (Å²) in [6.07, 6.45) is 0.909. The highest BCUT2D eigenvalue weighted by atomic mass is 79.9. The van der Waals surface area contributed by atoms with Gasteiger partial charge in [0, 0.05) is 30.2 Å². The summed E-state index contributed by atoms with van der Waals surface area (Å²) in [6.45, 7) is 2.04. The molecular formula is C12H14BrNO2. The van der Waals surface area contributed by atoms with Gasteiger partial charge in [0.2, 0.25) is 0 Å². The molecule has 86 valence electrons. The van der Waals surface area contributed by atoms with Gasteiger partial charge in [-0.3, -0.25) is 4.79 Å². The van der Waals surface area contributed by atoms with Crippen LogP contribution in [0.4, 0.5) is 0 Å². The van der Waals surface area contributed by atoms with Gasteiger partial charge < -0.3 is 9.64 Å². The van der Waals surface area contributed by atoms with Crippen LogP contribution in [0.25, 0.3) is 0 Å². The molecule has 0 saturated heterocycles. The summed E-state index contributed by atoms with van der Waals surface area (Å²) in [4.78, 5) is 14.0. The predicted octanol–water partition coefficient (Wildman–Crippen LogP) is 2.09. The molecule has 2 rings (SSSR count). The molecule has 0 bridgehead atoms. The van der Waals surface area contributed by atoms with Crippen LogP contribution in [0, 0.1) is 0 Å². The van der Waals surface area contributed by atoms with Crippen molar-refractivity contribution < 1.29 is 9.53 Å². The van der Waals surface area contributed by atoms with Gasteiger partial charge in [0.1, 0.15) is 0 Å². The molecule has 1 amide bonds. The van der Waals surface area contributed by atoms with Crippen molar-refractivity contribution in [2.24, 2.45) is 0 Å². The zero-order valence-corrected chi connectivity index (χ0v) is 10.8. The second kappa shape index (κ2) is 4.97. The van der Waals surface area contributed by atoms with Crippen molar-refractivity contribution >= 4 is 21.8 Å². The highest BCUT2D eigenvalue weighted by Crippen LogP contribution is 2.26. The van der Waals surface area contributed by atoms with Crippen molar-refractivity contribution in [2.45, 2.75) is 6.42 Å². The summed E-state index contributed by atoms with van der Waals surface area (Å²) in [5.74, 6) is 0.111. The van der Waals surface area contributed by atoms with Gasteiger partial charge in [-0.1, -0.05) is 22.0 Å². The summed E-state index contributed by atoms with van der Waals surface area (Å²) in [6, 6.07) is 5.78. The van der Waals surface area contributed by atoms with E-state index in [4.69, 9.17) is 4.74 Å². The molecule has 1 aromatic carbocycles. The number of hydrogen-bond acceptors (Lipinski definition) is 2. The summed E-state index contributed by atoms with van der Waals surface area (Å²) >= 11 is 3.49. The molecule has 3 nitrogen and oxygen atoms in total. The molecule has 1 aromatic rings. The normalized spacial score (nSPS) is 15.1. The SMILES string of the molecule is COCCN1CCc2c(Br)cccc2C1=O. The van der Waals surface area contributed by atoms with Gasteiger partial charge in [0.05, 0.1) is 6.61 Å². The van der Waals surface area contributed by atoms with Gasteiger partial charge in [0.15, 0.2) is 0 Å². The maximum absolute atomic E-state index is 12.1. The van der Waals surface area contributed by atoms with Crippen molar-refractivity contribution in [1.29, 1.82) is 0 Å². The van der Waals surface area contributed by atoms with E-state index < -0.39 is 0 Å². The molecule has 0 unspecified atom stereocenters. The zero-order valence-electron chi connectivity index (χ0n) is 9.20. The van der Waals surface area contributed by atoms with Crippen molar-refractivity contribution in [3.63, 3.8) is 0 Å². The van der Waals surface area contributed by atoms with Gasteiger partial charge in [0.25, 0.3) is 5.91 Å². The van der Waals surface area contributed by atoms with Crippen molar-refractivity contribution in [3.8, 4) is 0 Å². The molecule has 0 aliphatic carbocycles. The Hall–Kier alpha value is -0.870. The first-order valence-electron chi connectivity index (χ1n) is 5.29. The summed E-state index contributed by atoms with van der Waals surface area (Å²) < 4.78 is 6.03. The maximum Gasteiger partial charge on any atom is 0.254 e. The molecule has 0 N–H and O–H groups in total. The average Bonchev–Trinajstić information content (AvgIpc) is 2.29. The lowest BCUT2D eigenvalue weighted by molar-refractivity contribution is 0.0678. The Morgan fingerprint density at radius 3 is 3.06 bits per heavy atom. The van der Waals surface area contributed by atoms with Gasteiger partial charge in [-0.15, -0.1) is 0 Å². The molecule has 0 fully saturated rings. The summed E-state index contributed by atoms with van der Waals surface area (Å²) in [5, 5.41) is 0. The van der Waals surface area contributed by atoms with Crippen LogP contribution in [0.3, 0.4) is 0 Å². The van der Waals surface area contributed by atoms with E-state index in [9.17, 15) is 4.79 Å². The number of amides is 1. The highest BCUT2D eigenvalue weighted by molar-refractivity contribution is 9.10. The Balaban J connectivity index is 2.22. The van der Waals surface area contributed by atoms with E-state index >= 15 is 0 Å². The highest BCUT2D eigenvalue weighted by Gasteiger charge is 2.24. The van der Waals surface area contributed by atoms with Crippen molar-refractivity contribution in [1.82, 2.24) is 4.90 Å². The average molecular weight is 284 g/mol. The maximum atomic E-state index is 12.1. The molecular weight excluding hydrogens is 270 g/mol. The largest absolute Gasteiger partial charge is 0.383 e. The Kier molecular flexibility index (Phi) is 3.61. The van der Waals surface area contributed by atoms with Gasteiger partial charge in [-0.2, -0.15) is 0 Å². The minimum atomic E-state index is 0.111. The quantitative estimate of drug-likeness (QED) is 0.850. The number of nitrogens with zero attached hydrogens (tertiary/aromatic N) is 1. The number of carbonyl (C=O) groups is 1. The molecule has 0 saturated carbocycles. The first kappa shape index (κ1) is 11.6. The molecule has 0 atom stereocenters. The number of hydrogen-bond donors (Lipinski definition) is 0. The van der Waals surface area contributed by atoms with Gasteiger partial charge in [-0.05, 0) is 24.1 Å². The van der Waals surface area contributed by atoms with Gasteiger partial charge >= 0.3 is 0 Å². The van der Waals surface area contributed by atoms with Crippen LogP contribution in [-0.2, 0) is 11.2 Å². The number of ether oxygens (including phenoxy) is 1. The number of benzene rings is 1. The fraction of sp³-hybridized carbons (Fsp3) is 0.417. The van der Waals surface area contributed by atoms with Crippen molar-refractivity contribution in [2.75, 3.05) is 26.8 Å². The molecule has 4 heteroatoms. The topological polar surface area (TPSA) is 29.5 Å². The standard InChI is InChI=1S/C12H14BrNO2/c1-16-8-7-14-6-5-9-10(12(14)15)3-2-4-11(9)13/h2-4H,5-8H2,1H3. The third-order valence-electron chi connectivity index (χ3n) is 2.83. The van der Waals surface area contributed by atoms with Crippen LogP contribution < -0.4 is 0 Å². The zero-order chi connectivity index (χ0) is 11.5. The summed E-state index contributed by atoms with van der Waals surface area (Å²) in [7, 11) is 1.65. The fourth-order valence-electron chi connectivity index (χ4n) is 1.95. The van der Waals surface area contributed by atoms with E-state index in [1.165, 1.54) is 0 Å². The van der Waals surface area contributed by atoms with Crippen LogP contribution in [0.5, 0.6) is 0 Å². The monoisotopic (exact) mass is 283 g/mol. The van der Waals surface area contributed by atoms with E-state index in [2.05, 4.69) is 15.9 Å². The molecule has 1 heterocycles. The van der Waals surface area contributed by atoms with E-state index in [-0.39, 0.29) is 5.91 Å². The van der Waals surface area contributed by atoms with Crippen LogP contribution in [0.1, 0.15) is 15.9 Å². The Morgan fingerprint density at radius 2 is 2.31 bits per heavy atom. The third-order valence-corrected chi connectivity index (χ3v) is 3.58. The minimum Gasteiger partial charge on any atom is -0.383 e. The first-order chi connectivity index (χ1) is 7.74. The molecule has 16 heavy (non-hydrogen) atoms. The second-order valence-electron chi connectivity index (χ2n) is 3.80. The second-order valence-corrected chi connectivity index (χ2v) is 4.66. The lowest BCUT2D eigenvalue weighted by Crippen LogP contribution is -2.39. The van der Waals surface area contributed by atoms with Crippen LogP contribution in [-0.4, -0.2) is 37.6 Å².